The van der Waals surface area contributed by atoms with Crippen molar-refractivity contribution in [2.45, 2.75) is 26.8 Å². The van der Waals surface area contributed by atoms with Gasteiger partial charge in [-0.1, -0.05) is 0 Å². The van der Waals surface area contributed by atoms with Crippen molar-refractivity contribution in [3.8, 4) is 5.75 Å². The van der Waals surface area contributed by atoms with Crippen molar-refractivity contribution >= 4 is 11.6 Å². The molecule has 0 heterocycles. The fourth-order valence-electron chi connectivity index (χ4n) is 1.31. The molecule has 0 aliphatic carbocycles. The van der Waals surface area contributed by atoms with Crippen LogP contribution in [0.2, 0.25) is 0 Å². The first-order valence-electron chi connectivity index (χ1n) is 4.81. The van der Waals surface area contributed by atoms with Crippen molar-refractivity contribution < 1.29 is 9.90 Å². The molecule has 0 unspecified atom stereocenters. The summed E-state index contributed by atoms with van der Waals surface area (Å²) in [4.78, 5) is 11.7. The number of carbonyl (C=O) groups is 1. The summed E-state index contributed by atoms with van der Waals surface area (Å²) in [5, 5.41) is 12.1. The zero-order chi connectivity index (χ0) is 11.6. The SMILES string of the molecule is Cc1cc(O)cc(C(=O)NC(C)C)c1N. The fourth-order valence-corrected chi connectivity index (χ4v) is 1.31. The molecule has 0 fully saturated rings. The maximum Gasteiger partial charge on any atom is 0.253 e. The molecule has 0 saturated heterocycles. The summed E-state index contributed by atoms with van der Waals surface area (Å²) in [7, 11) is 0. The summed E-state index contributed by atoms with van der Waals surface area (Å²) < 4.78 is 0. The Kier molecular flexibility index (Phi) is 3.19. The van der Waals surface area contributed by atoms with Crippen molar-refractivity contribution in [2.75, 3.05) is 5.73 Å². The minimum atomic E-state index is -0.262. The van der Waals surface area contributed by atoms with Crippen LogP contribution in [0.5, 0.6) is 5.75 Å². The lowest BCUT2D eigenvalue weighted by Gasteiger charge is -2.12. The minimum absolute atomic E-state index is 0.0413. The van der Waals surface area contributed by atoms with E-state index in [9.17, 15) is 9.90 Å². The molecule has 1 rings (SSSR count). The highest BCUT2D eigenvalue weighted by atomic mass is 16.3. The van der Waals surface area contributed by atoms with Crippen LogP contribution in [0.15, 0.2) is 12.1 Å². The predicted octanol–water partition coefficient (Wildman–Crippen LogP) is 1.42. The van der Waals surface area contributed by atoms with Crippen LogP contribution >= 0.6 is 0 Å². The average molecular weight is 208 g/mol. The van der Waals surface area contributed by atoms with Gasteiger partial charge in [0.1, 0.15) is 5.75 Å². The molecule has 0 saturated carbocycles. The van der Waals surface area contributed by atoms with Gasteiger partial charge in [0.15, 0.2) is 0 Å². The zero-order valence-electron chi connectivity index (χ0n) is 9.16. The number of phenolic OH excluding ortho intramolecular Hbond substituents is 1. The van der Waals surface area contributed by atoms with E-state index in [2.05, 4.69) is 5.32 Å². The van der Waals surface area contributed by atoms with Gasteiger partial charge in [-0.2, -0.15) is 0 Å². The fraction of sp³-hybridized carbons (Fsp3) is 0.364. The minimum Gasteiger partial charge on any atom is -0.508 e. The quantitative estimate of drug-likeness (QED) is 0.508. The van der Waals surface area contributed by atoms with Crippen LogP contribution in [0.3, 0.4) is 0 Å². The van der Waals surface area contributed by atoms with Gasteiger partial charge in [-0.3, -0.25) is 4.79 Å². The third-order valence-electron chi connectivity index (χ3n) is 2.04. The molecule has 1 aromatic rings. The standard InChI is InChI=1S/C11H16N2O2/c1-6(2)13-11(15)9-5-8(14)4-7(3)10(9)12/h4-6,14H,12H2,1-3H3,(H,13,15). The van der Waals surface area contributed by atoms with Gasteiger partial charge in [0.2, 0.25) is 0 Å². The summed E-state index contributed by atoms with van der Waals surface area (Å²) >= 11 is 0. The van der Waals surface area contributed by atoms with E-state index in [0.29, 0.717) is 16.8 Å². The van der Waals surface area contributed by atoms with Crippen molar-refractivity contribution in [1.29, 1.82) is 0 Å². The summed E-state index contributed by atoms with van der Waals surface area (Å²) in [5.74, 6) is -0.211. The van der Waals surface area contributed by atoms with Gasteiger partial charge in [0, 0.05) is 11.7 Å². The maximum atomic E-state index is 11.7. The Balaban J connectivity index is 3.08. The summed E-state index contributed by atoms with van der Waals surface area (Å²) in [6, 6.07) is 2.95. The molecule has 82 valence electrons. The lowest BCUT2D eigenvalue weighted by atomic mass is 10.1. The number of aryl methyl sites for hydroxylation is 1. The Morgan fingerprint density at radius 2 is 2.07 bits per heavy atom. The molecule has 4 N–H and O–H groups in total. The highest BCUT2D eigenvalue weighted by Crippen LogP contribution is 2.23. The van der Waals surface area contributed by atoms with Gasteiger partial charge in [-0.25, -0.2) is 0 Å². The Hall–Kier alpha value is -1.71. The van der Waals surface area contributed by atoms with Crippen molar-refractivity contribution in [1.82, 2.24) is 5.32 Å². The lowest BCUT2D eigenvalue weighted by molar-refractivity contribution is 0.0943. The smallest absolute Gasteiger partial charge is 0.253 e. The van der Waals surface area contributed by atoms with Crippen molar-refractivity contribution in [3.05, 3.63) is 23.3 Å². The number of amides is 1. The molecule has 0 atom stereocenters. The van der Waals surface area contributed by atoms with E-state index in [1.54, 1.807) is 6.92 Å². The van der Waals surface area contributed by atoms with E-state index in [0.717, 1.165) is 0 Å². The third kappa shape index (κ3) is 2.62. The van der Waals surface area contributed by atoms with Gasteiger partial charge in [0.05, 0.1) is 5.56 Å². The number of hydrogen-bond donors (Lipinski definition) is 3. The van der Waals surface area contributed by atoms with Gasteiger partial charge in [0.25, 0.3) is 5.91 Å². The van der Waals surface area contributed by atoms with Crippen molar-refractivity contribution in [2.24, 2.45) is 0 Å². The van der Waals surface area contributed by atoms with Crippen LogP contribution in [-0.4, -0.2) is 17.1 Å². The molecule has 0 aliphatic heterocycles. The molecule has 0 radical (unpaired) electrons. The average Bonchev–Trinajstić information content (AvgIpc) is 2.09. The molecule has 0 aromatic heterocycles. The Labute approximate surface area is 89.1 Å². The number of nitrogen functional groups attached to an aromatic ring is 1. The van der Waals surface area contributed by atoms with Crippen LogP contribution in [0.25, 0.3) is 0 Å². The van der Waals surface area contributed by atoms with Crippen molar-refractivity contribution in [3.63, 3.8) is 0 Å². The van der Waals surface area contributed by atoms with E-state index < -0.39 is 0 Å². The van der Waals surface area contributed by atoms with Crippen LogP contribution in [0, 0.1) is 6.92 Å². The Morgan fingerprint density at radius 3 is 2.60 bits per heavy atom. The van der Waals surface area contributed by atoms with Gasteiger partial charge >= 0.3 is 0 Å². The van der Waals surface area contributed by atoms with Gasteiger partial charge in [-0.15, -0.1) is 0 Å². The first-order chi connectivity index (χ1) is 6.91. The second-order valence-corrected chi connectivity index (χ2v) is 3.85. The van der Waals surface area contributed by atoms with Crippen LogP contribution in [0.1, 0.15) is 29.8 Å². The molecule has 1 amide bonds. The highest BCUT2D eigenvalue weighted by molar-refractivity contribution is 6.00. The number of aromatic hydroxyl groups is 1. The first kappa shape index (κ1) is 11.4. The highest BCUT2D eigenvalue weighted by Gasteiger charge is 2.13. The van der Waals surface area contributed by atoms with Gasteiger partial charge < -0.3 is 16.2 Å². The summed E-state index contributed by atoms with van der Waals surface area (Å²) in [6.07, 6.45) is 0. The van der Waals surface area contributed by atoms with Crippen LogP contribution < -0.4 is 11.1 Å². The molecular formula is C11H16N2O2. The van der Waals surface area contributed by atoms with E-state index >= 15 is 0 Å². The molecular weight excluding hydrogens is 192 g/mol. The molecule has 4 nitrogen and oxygen atoms in total. The summed E-state index contributed by atoms with van der Waals surface area (Å²) in [6.45, 7) is 5.48. The van der Waals surface area contributed by atoms with E-state index in [1.807, 2.05) is 13.8 Å². The topological polar surface area (TPSA) is 75.3 Å². The predicted molar refractivity (Wildman–Crippen MR) is 59.9 cm³/mol. The molecule has 4 heteroatoms. The molecule has 0 bridgehead atoms. The number of rotatable bonds is 2. The summed E-state index contributed by atoms with van der Waals surface area (Å²) in [5.41, 5.74) is 7.18. The van der Waals surface area contributed by atoms with E-state index in [1.165, 1.54) is 12.1 Å². The normalized spacial score (nSPS) is 10.4. The second-order valence-electron chi connectivity index (χ2n) is 3.85. The number of nitrogens with one attached hydrogen (secondary N) is 1. The number of hydrogen-bond acceptors (Lipinski definition) is 3. The maximum absolute atomic E-state index is 11.7. The molecule has 1 aromatic carbocycles. The first-order valence-corrected chi connectivity index (χ1v) is 4.81. The van der Waals surface area contributed by atoms with Crippen LogP contribution in [-0.2, 0) is 0 Å². The number of anilines is 1. The number of nitrogens with two attached hydrogens (primary N) is 1. The lowest BCUT2D eigenvalue weighted by Crippen LogP contribution is -2.30. The van der Waals surface area contributed by atoms with Crippen LogP contribution in [0.4, 0.5) is 5.69 Å². The Morgan fingerprint density at radius 1 is 1.47 bits per heavy atom. The number of phenols is 1. The third-order valence-corrected chi connectivity index (χ3v) is 2.04. The molecule has 0 spiro atoms. The zero-order valence-corrected chi connectivity index (χ0v) is 9.16. The van der Waals surface area contributed by atoms with E-state index in [4.69, 9.17) is 5.73 Å². The number of carbonyl (C=O) groups excluding carboxylic acids is 1. The molecule has 15 heavy (non-hydrogen) atoms. The largest absolute Gasteiger partial charge is 0.508 e. The Bertz CT molecular complexity index is 386. The monoisotopic (exact) mass is 208 g/mol. The number of benzene rings is 1. The van der Waals surface area contributed by atoms with E-state index in [-0.39, 0.29) is 17.7 Å². The molecule has 0 aliphatic rings. The second kappa shape index (κ2) is 4.21. The van der Waals surface area contributed by atoms with Gasteiger partial charge in [-0.05, 0) is 38.5 Å².